The molecule has 106 valence electrons. The summed E-state index contributed by atoms with van der Waals surface area (Å²) in [5.74, 6) is 1.29. The third kappa shape index (κ3) is 4.47. The molecule has 0 amide bonds. The van der Waals surface area contributed by atoms with Gasteiger partial charge in [0.15, 0.2) is 0 Å². The molecule has 5 nitrogen and oxygen atoms in total. The van der Waals surface area contributed by atoms with E-state index in [1.807, 2.05) is 0 Å². The van der Waals surface area contributed by atoms with Crippen LogP contribution in [0.3, 0.4) is 0 Å². The molecule has 2 atom stereocenters. The van der Waals surface area contributed by atoms with Gasteiger partial charge in [0.25, 0.3) is 0 Å². The maximum Gasteiger partial charge on any atom is 0.144 e. The Labute approximate surface area is 123 Å². The van der Waals surface area contributed by atoms with E-state index in [-0.39, 0.29) is 0 Å². The summed E-state index contributed by atoms with van der Waals surface area (Å²) < 4.78 is 0. The summed E-state index contributed by atoms with van der Waals surface area (Å²) in [7, 11) is 0. The number of rotatable bonds is 6. The average molecular weight is 304 g/mol. The lowest BCUT2D eigenvalue weighted by atomic mass is 10.0. The van der Waals surface area contributed by atoms with E-state index < -0.39 is 0 Å². The van der Waals surface area contributed by atoms with E-state index in [4.69, 9.17) is 23.2 Å². The number of aromatic nitrogens is 1. The first-order chi connectivity index (χ1) is 9.16. The van der Waals surface area contributed by atoms with Crippen molar-refractivity contribution in [1.29, 1.82) is 0 Å². The van der Waals surface area contributed by atoms with E-state index in [0.717, 1.165) is 26.2 Å². The standard InChI is InChI=1S/C12H19Cl2N5/c1-8-9(6-18-19-8)5-15-2-3-16-12-11(14)4-10(13)7-17-12/h4,7-9,15,18-19H,2-3,5-6H2,1H3,(H,16,17). The van der Waals surface area contributed by atoms with Crippen molar-refractivity contribution in [2.75, 3.05) is 31.5 Å². The van der Waals surface area contributed by atoms with Crippen molar-refractivity contribution >= 4 is 29.0 Å². The van der Waals surface area contributed by atoms with Crippen LogP contribution in [0.25, 0.3) is 0 Å². The SMILES string of the molecule is CC1NNCC1CNCCNc1ncc(Cl)cc1Cl. The van der Waals surface area contributed by atoms with Gasteiger partial charge in [0, 0.05) is 44.3 Å². The first kappa shape index (κ1) is 14.8. The molecule has 0 bridgehead atoms. The van der Waals surface area contributed by atoms with Crippen LogP contribution >= 0.6 is 23.2 Å². The smallest absolute Gasteiger partial charge is 0.144 e. The Morgan fingerprint density at radius 2 is 2.26 bits per heavy atom. The molecule has 0 radical (unpaired) electrons. The molecule has 0 saturated carbocycles. The van der Waals surface area contributed by atoms with Gasteiger partial charge in [0.05, 0.1) is 10.0 Å². The largest absolute Gasteiger partial charge is 0.368 e. The van der Waals surface area contributed by atoms with Gasteiger partial charge in [-0.3, -0.25) is 10.9 Å². The molecule has 2 unspecified atom stereocenters. The number of hydrogen-bond acceptors (Lipinski definition) is 5. The van der Waals surface area contributed by atoms with Gasteiger partial charge in [-0.25, -0.2) is 4.98 Å². The first-order valence-electron chi connectivity index (χ1n) is 6.41. The predicted octanol–water partition coefficient (Wildman–Crippen LogP) is 1.50. The molecule has 4 N–H and O–H groups in total. The predicted molar refractivity (Wildman–Crippen MR) is 79.7 cm³/mol. The molecular weight excluding hydrogens is 285 g/mol. The molecule has 1 aliphatic rings. The Morgan fingerprint density at radius 1 is 1.42 bits per heavy atom. The second-order valence-corrected chi connectivity index (χ2v) is 5.53. The molecule has 1 fully saturated rings. The zero-order valence-electron chi connectivity index (χ0n) is 10.8. The van der Waals surface area contributed by atoms with Gasteiger partial charge >= 0.3 is 0 Å². The van der Waals surface area contributed by atoms with Crippen LogP contribution in [0.2, 0.25) is 10.0 Å². The van der Waals surface area contributed by atoms with Crippen LogP contribution in [0.4, 0.5) is 5.82 Å². The molecular formula is C12H19Cl2N5. The topological polar surface area (TPSA) is 61.0 Å². The summed E-state index contributed by atoms with van der Waals surface area (Å²) >= 11 is 11.8. The van der Waals surface area contributed by atoms with Gasteiger partial charge in [-0.05, 0) is 13.0 Å². The fraction of sp³-hybridized carbons (Fsp3) is 0.583. The van der Waals surface area contributed by atoms with Crippen molar-refractivity contribution in [2.45, 2.75) is 13.0 Å². The quantitative estimate of drug-likeness (QED) is 0.600. The molecule has 19 heavy (non-hydrogen) atoms. The fourth-order valence-electron chi connectivity index (χ4n) is 2.00. The third-order valence-corrected chi connectivity index (χ3v) is 3.70. The normalized spacial score (nSPS) is 22.7. The second-order valence-electron chi connectivity index (χ2n) is 4.69. The summed E-state index contributed by atoms with van der Waals surface area (Å²) in [5.41, 5.74) is 6.36. The van der Waals surface area contributed by atoms with Crippen molar-refractivity contribution in [3.8, 4) is 0 Å². The minimum atomic E-state index is 0.507. The Bertz CT molecular complexity index is 415. The summed E-state index contributed by atoms with van der Waals surface area (Å²) in [4.78, 5) is 4.14. The van der Waals surface area contributed by atoms with Crippen LogP contribution in [0.15, 0.2) is 12.3 Å². The molecule has 7 heteroatoms. The minimum Gasteiger partial charge on any atom is -0.368 e. The number of anilines is 1. The average Bonchev–Trinajstić information content (AvgIpc) is 2.77. The lowest BCUT2D eigenvalue weighted by Crippen LogP contribution is -2.34. The summed E-state index contributed by atoms with van der Waals surface area (Å²) in [6.45, 7) is 5.82. The van der Waals surface area contributed by atoms with Crippen molar-refractivity contribution < 1.29 is 0 Å². The molecule has 0 spiro atoms. The van der Waals surface area contributed by atoms with E-state index in [0.29, 0.717) is 27.8 Å². The minimum absolute atomic E-state index is 0.507. The number of nitrogens with zero attached hydrogens (tertiary/aromatic N) is 1. The molecule has 0 aliphatic carbocycles. The monoisotopic (exact) mass is 303 g/mol. The van der Waals surface area contributed by atoms with Crippen LogP contribution in [-0.2, 0) is 0 Å². The zero-order valence-corrected chi connectivity index (χ0v) is 12.4. The van der Waals surface area contributed by atoms with Gasteiger partial charge in [-0.15, -0.1) is 0 Å². The van der Waals surface area contributed by atoms with Crippen molar-refractivity contribution in [2.24, 2.45) is 5.92 Å². The van der Waals surface area contributed by atoms with Gasteiger partial charge in [0.2, 0.25) is 0 Å². The van der Waals surface area contributed by atoms with Gasteiger partial charge in [0.1, 0.15) is 5.82 Å². The van der Waals surface area contributed by atoms with E-state index >= 15 is 0 Å². The lowest BCUT2D eigenvalue weighted by Gasteiger charge is -2.14. The summed E-state index contributed by atoms with van der Waals surface area (Å²) in [5, 5.41) is 7.69. The lowest BCUT2D eigenvalue weighted by molar-refractivity contribution is 0.458. The number of hydrazine groups is 1. The number of pyridine rings is 1. The van der Waals surface area contributed by atoms with Gasteiger partial charge in [-0.2, -0.15) is 0 Å². The molecule has 1 aliphatic heterocycles. The Balaban J connectivity index is 1.64. The maximum atomic E-state index is 6.02. The molecule has 1 aromatic heterocycles. The molecule has 1 aromatic rings. The highest BCUT2D eigenvalue weighted by Gasteiger charge is 2.21. The number of nitrogens with one attached hydrogen (secondary N) is 4. The highest BCUT2D eigenvalue weighted by Crippen LogP contribution is 2.21. The van der Waals surface area contributed by atoms with E-state index in [2.05, 4.69) is 33.4 Å². The molecule has 2 rings (SSSR count). The maximum absolute atomic E-state index is 6.02. The van der Waals surface area contributed by atoms with Crippen LogP contribution in [0, 0.1) is 5.92 Å². The van der Waals surface area contributed by atoms with Crippen LogP contribution in [0.1, 0.15) is 6.92 Å². The summed E-state index contributed by atoms with van der Waals surface area (Å²) in [6.07, 6.45) is 1.58. The van der Waals surface area contributed by atoms with Crippen molar-refractivity contribution in [3.05, 3.63) is 22.3 Å². The van der Waals surface area contributed by atoms with Crippen LogP contribution in [0.5, 0.6) is 0 Å². The van der Waals surface area contributed by atoms with Gasteiger partial charge < -0.3 is 10.6 Å². The first-order valence-corrected chi connectivity index (χ1v) is 7.16. The zero-order chi connectivity index (χ0) is 13.7. The number of halogens is 2. The van der Waals surface area contributed by atoms with Crippen LogP contribution in [-0.4, -0.2) is 37.2 Å². The molecule has 1 saturated heterocycles. The second kappa shape index (κ2) is 7.26. The van der Waals surface area contributed by atoms with Gasteiger partial charge in [-0.1, -0.05) is 23.2 Å². The highest BCUT2D eigenvalue weighted by atomic mass is 35.5. The highest BCUT2D eigenvalue weighted by molar-refractivity contribution is 6.35. The van der Waals surface area contributed by atoms with E-state index in [1.54, 1.807) is 12.3 Å². The Morgan fingerprint density at radius 3 is 2.95 bits per heavy atom. The van der Waals surface area contributed by atoms with E-state index in [9.17, 15) is 0 Å². The van der Waals surface area contributed by atoms with Crippen molar-refractivity contribution in [1.82, 2.24) is 21.2 Å². The van der Waals surface area contributed by atoms with Crippen molar-refractivity contribution in [3.63, 3.8) is 0 Å². The molecule has 0 aromatic carbocycles. The Hall–Kier alpha value is -0.590. The third-order valence-electron chi connectivity index (χ3n) is 3.21. The number of hydrogen-bond donors (Lipinski definition) is 4. The van der Waals surface area contributed by atoms with E-state index in [1.165, 1.54) is 0 Å². The van der Waals surface area contributed by atoms with Crippen LogP contribution < -0.4 is 21.5 Å². The fourth-order valence-corrected chi connectivity index (χ4v) is 2.44. The summed E-state index contributed by atoms with van der Waals surface area (Å²) in [6, 6.07) is 2.19. The molecule has 2 heterocycles. The Kier molecular flexibility index (Phi) is 5.66.